The van der Waals surface area contributed by atoms with Crippen molar-refractivity contribution in [3.8, 4) is 0 Å². The van der Waals surface area contributed by atoms with Crippen LogP contribution in [0.4, 0.5) is 0 Å². The van der Waals surface area contributed by atoms with Crippen LogP contribution in [0.25, 0.3) is 0 Å². The molecule has 1 saturated heterocycles. The lowest BCUT2D eigenvalue weighted by Gasteiger charge is -2.42. The normalized spacial score (nSPS) is 47.0. The SMILES string of the molecule is CC1CCCC(C)N1NC1/C(=N\O)C2CCC1C2. The minimum Gasteiger partial charge on any atom is -0.411 e. The standard InChI is InChI=1S/C14H25N3O/c1-9-4-3-5-10(2)17(9)15-13-11-6-7-12(8-11)14(13)16-18/h9-13,15,18H,3-8H2,1-2H3/b16-14-. The maximum absolute atomic E-state index is 9.25. The molecule has 18 heavy (non-hydrogen) atoms. The summed E-state index contributed by atoms with van der Waals surface area (Å²) in [7, 11) is 0. The molecule has 0 amide bonds. The molecule has 5 atom stereocenters. The summed E-state index contributed by atoms with van der Waals surface area (Å²) in [6.45, 7) is 4.59. The Morgan fingerprint density at radius 1 is 1.17 bits per heavy atom. The van der Waals surface area contributed by atoms with Crippen LogP contribution in [-0.4, -0.2) is 34.1 Å². The molecule has 0 aromatic carbocycles. The van der Waals surface area contributed by atoms with Crippen LogP contribution in [0.5, 0.6) is 0 Å². The lowest BCUT2D eigenvalue weighted by atomic mass is 9.93. The number of hydrogen-bond donors (Lipinski definition) is 2. The van der Waals surface area contributed by atoms with Crippen molar-refractivity contribution in [2.75, 3.05) is 0 Å². The average Bonchev–Trinajstić information content (AvgIpc) is 2.94. The number of rotatable bonds is 2. The Kier molecular flexibility index (Phi) is 3.32. The Balaban J connectivity index is 1.72. The third-order valence-electron chi connectivity index (χ3n) is 5.28. The molecule has 0 spiro atoms. The number of nitrogens with zero attached hydrogens (tertiary/aromatic N) is 2. The van der Waals surface area contributed by atoms with Crippen molar-refractivity contribution in [1.29, 1.82) is 0 Å². The van der Waals surface area contributed by atoms with E-state index >= 15 is 0 Å². The van der Waals surface area contributed by atoms with Crippen LogP contribution in [0.2, 0.25) is 0 Å². The van der Waals surface area contributed by atoms with Crippen LogP contribution in [0.3, 0.4) is 0 Å². The number of fused-ring (bicyclic) bond motifs is 2. The summed E-state index contributed by atoms with van der Waals surface area (Å²) in [6, 6.07) is 1.47. The fourth-order valence-electron chi connectivity index (χ4n) is 4.23. The van der Waals surface area contributed by atoms with E-state index in [-0.39, 0.29) is 6.04 Å². The molecule has 2 bridgehead atoms. The summed E-state index contributed by atoms with van der Waals surface area (Å²) in [5.74, 6) is 1.22. The first-order valence-electron chi connectivity index (χ1n) is 7.47. The van der Waals surface area contributed by atoms with E-state index in [0.717, 1.165) is 5.71 Å². The highest BCUT2D eigenvalue weighted by Gasteiger charge is 2.46. The van der Waals surface area contributed by atoms with Gasteiger partial charge in [0, 0.05) is 18.0 Å². The van der Waals surface area contributed by atoms with Gasteiger partial charge < -0.3 is 5.21 Å². The minimum absolute atomic E-state index is 0.289. The van der Waals surface area contributed by atoms with Gasteiger partial charge in [-0.1, -0.05) is 11.6 Å². The molecule has 5 unspecified atom stereocenters. The highest BCUT2D eigenvalue weighted by molar-refractivity contribution is 5.94. The molecule has 3 fully saturated rings. The molecular formula is C14H25N3O. The van der Waals surface area contributed by atoms with Crippen LogP contribution >= 0.6 is 0 Å². The van der Waals surface area contributed by atoms with Crippen molar-refractivity contribution in [3.63, 3.8) is 0 Å². The first kappa shape index (κ1) is 12.4. The van der Waals surface area contributed by atoms with Crippen LogP contribution in [-0.2, 0) is 0 Å². The van der Waals surface area contributed by atoms with Crippen molar-refractivity contribution in [1.82, 2.24) is 10.4 Å². The van der Waals surface area contributed by atoms with E-state index in [2.05, 4.69) is 29.4 Å². The number of nitrogens with one attached hydrogen (secondary N) is 1. The van der Waals surface area contributed by atoms with Gasteiger partial charge in [-0.2, -0.15) is 0 Å². The van der Waals surface area contributed by atoms with Crippen LogP contribution in [0.1, 0.15) is 52.4 Å². The predicted octanol–water partition coefficient (Wildman–Crippen LogP) is 2.38. The maximum Gasteiger partial charge on any atom is 0.0787 e. The Morgan fingerprint density at radius 3 is 2.56 bits per heavy atom. The van der Waals surface area contributed by atoms with Gasteiger partial charge in [-0.05, 0) is 51.9 Å². The van der Waals surface area contributed by atoms with Crippen molar-refractivity contribution in [2.24, 2.45) is 17.0 Å². The summed E-state index contributed by atoms with van der Waals surface area (Å²) in [6.07, 6.45) is 7.59. The summed E-state index contributed by atoms with van der Waals surface area (Å²) < 4.78 is 0. The van der Waals surface area contributed by atoms with Crippen molar-refractivity contribution in [3.05, 3.63) is 0 Å². The van der Waals surface area contributed by atoms with Crippen molar-refractivity contribution >= 4 is 5.71 Å². The molecule has 4 nitrogen and oxygen atoms in total. The Morgan fingerprint density at radius 2 is 1.89 bits per heavy atom. The molecule has 1 aliphatic heterocycles. The molecular weight excluding hydrogens is 226 g/mol. The highest BCUT2D eigenvalue weighted by Crippen LogP contribution is 2.43. The second kappa shape index (κ2) is 4.82. The second-order valence-corrected chi connectivity index (χ2v) is 6.44. The maximum atomic E-state index is 9.25. The van der Waals surface area contributed by atoms with Gasteiger partial charge in [0.1, 0.15) is 0 Å². The van der Waals surface area contributed by atoms with E-state index in [0.29, 0.717) is 23.9 Å². The zero-order valence-corrected chi connectivity index (χ0v) is 11.5. The van der Waals surface area contributed by atoms with Crippen LogP contribution in [0.15, 0.2) is 5.16 Å². The molecule has 0 aromatic rings. The van der Waals surface area contributed by atoms with Gasteiger partial charge in [0.2, 0.25) is 0 Å². The zero-order valence-electron chi connectivity index (χ0n) is 11.5. The quantitative estimate of drug-likeness (QED) is 0.585. The summed E-state index contributed by atoms with van der Waals surface area (Å²) in [5.41, 5.74) is 4.70. The van der Waals surface area contributed by atoms with E-state index in [4.69, 9.17) is 0 Å². The first-order valence-corrected chi connectivity index (χ1v) is 7.47. The van der Waals surface area contributed by atoms with E-state index in [1.807, 2.05) is 0 Å². The Hall–Kier alpha value is -0.610. The molecule has 4 heteroatoms. The largest absolute Gasteiger partial charge is 0.411 e. The third-order valence-corrected chi connectivity index (χ3v) is 5.28. The van der Waals surface area contributed by atoms with Gasteiger partial charge in [0.15, 0.2) is 0 Å². The van der Waals surface area contributed by atoms with E-state index < -0.39 is 0 Å². The molecule has 2 aliphatic carbocycles. The van der Waals surface area contributed by atoms with E-state index in [9.17, 15) is 5.21 Å². The summed E-state index contributed by atoms with van der Waals surface area (Å²) >= 11 is 0. The molecule has 1 heterocycles. The zero-order chi connectivity index (χ0) is 12.7. The first-order chi connectivity index (χ1) is 8.70. The van der Waals surface area contributed by atoms with Gasteiger partial charge in [0.05, 0.1) is 11.8 Å². The molecule has 0 radical (unpaired) electrons. The number of hydrazine groups is 1. The highest BCUT2D eigenvalue weighted by atomic mass is 16.4. The summed E-state index contributed by atoms with van der Waals surface area (Å²) in [5, 5.41) is 15.3. The lowest BCUT2D eigenvalue weighted by Crippen LogP contribution is -2.58. The summed E-state index contributed by atoms with van der Waals surface area (Å²) in [4.78, 5) is 0. The Labute approximate surface area is 109 Å². The Bertz CT molecular complexity index is 334. The fraction of sp³-hybridized carbons (Fsp3) is 0.929. The van der Waals surface area contributed by atoms with E-state index in [1.165, 1.54) is 38.5 Å². The van der Waals surface area contributed by atoms with Gasteiger partial charge in [0.25, 0.3) is 0 Å². The topological polar surface area (TPSA) is 47.9 Å². The third kappa shape index (κ3) is 1.95. The van der Waals surface area contributed by atoms with Crippen LogP contribution < -0.4 is 5.43 Å². The average molecular weight is 251 g/mol. The molecule has 3 aliphatic rings. The number of piperidine rings is 1. The van der Waals surface area contributed by atoms with Crippen molar-refractivity contribution < 1.29 is 5.21 Å². The molecule has 2 saturated carbocycles. The van der Waals surface area contributed by atoms with Gasteiger partial charge in [-0.25, -0.2) is 10.4 Å². The van der Waals surface area contributed by atoms with Crippen LogP contribution in [0, 0.1) is 11.8 Å². The van der Waals surface area contributed by atoms with Crippen molar-refractivity contribution in [2.45, 2.75) is 70.5 Å². The van der Waals surface area contributed by atoms with E-state index in [1.54, 1.807) is 0 Å². The molecule has 102 valence electrons. The minimum atomic E-state index is 0.289. The molecule has 3 rings (SSSR count). The van der Waals surface area contributed by atoms with Gasteiger partial charge in [-0.15, -0.1) is 0 Å². The number of hydrogen-bond acceptors (Lipinski definition) is 4. The predicted molar refractivity (Wildman–Crippen MR) is 71.6 cm³/mol. The smallest absolute Gasteiger partial charge is 0.0787 e. The fourth-order valence-corrected chi connectivity index (χ4v) is 4.23. The van der Waals surface area contributed by atoms with Gasteiger partial charge >= 0.3 is 0 Å². The lowest BCUT2D eigenvalue weighted by molar-refractivity contribution is 0.0318. The van der Waals surface area contributed by atoms with Gasteiger partial charge in [-0.3, -0.25) is 0 Å². The molecule has 0 aromatic heterocycles. The second-order valence-electron chi connectivity index (χ2n) is 6.44. The molecule has 2 N–H and O–H groups in total. The number of oxime groups is 1. The monoisotopic (exact) mass is 251 g/mol.